The lowest BCUT2D eigenvalue weighted by Gasteiger charge is -2.17. The van der Waals surface area contributed by atoms with Gasteiger partial charge in [-0.25, -0.2) is 8.42 Å². The van der Waals surface area contributed by atoms with Gasteiger partial charge in [-0.05, 0) is 55.8 Å². The molecule has 0 radical (unpaired) electrons. The summed E-state index contributed by atoms with van der Waals surface area (Å²) in [6.07, 6.45) is 3.13. The third-order valence-corrected chi connectivity index (χ3v) is 6.98. The van der Waals surface area contributed by atoms with E-state index in [0.29, 0.717) is 5.69 Å². The summed E-state index contributed by atoms with van der Waals surface area (Å²) in [7, 11) is -2.49. The van der Waals surface area contributed by atoms with Crippen LogP contribution in [0.2, 0.25) is 0 Å². The van der Waals surface area contributed by atoms with Crippen molar-refractivity contribution < 1.29 is 22.7 Å². The number of H-pyrrole nitrogens is 1. The zero-order chi connectivity index (χ0) is 24.3. The molecule has 2 aromatic heterocycles. The molecule has 0 saturated carbocycles. The molecule has 0 unspecified atom stereocenters. The van der Waals surface area contributed by atoms with Crippen LogP contribution in [0.4, 0.5) is 0 Å². The number of pyridine rings is 1. The van der Waals surface area contributed by atoms with Crippen LogP contribution in [-0.4, -0.2) is 37.5 Å². The molecule has 0 bridgehead atoms. The summed E-state index contributed by atoms with van der Waals surface area (Å²) in [5.41, 5.74) is 2.01. The molecule has 0 fully saturated rings. The number of carbonyl (C=O) groups is 1. The molecule has 0 atom stereocenters. The summed E-state index contributed by atoms with van der Waals surface area (Å²) in [6, 6.07) is 14.8. The van der Waals surface area contributed by atoms with Gasteiger partial charge < -0.3 is 19.8 Å². The number of hydrogen-bond donors (Lipinski definition) is 2. The topological polar surface area (TPSA) is 110 Å². The van der Waals surface area contributed by atoms with Gasteiger partial charge in [0.15, 0.2) is 4.90 Å². The largest absolute Gasteiger partial charge is 0.495 e. The van der Waals surface area contributed by atoms with Gasteiger partial charge in [0, 0.05) is 29.8 Å². The molecule has 0 spiro atoms. The number of fused-ring (bicyclic) bond motifs is 1. The Kier molecular flexibility index (Phi) is 6.56. The predicted molar refractivity (Wildman–Crippen MR) is 128 cm³/mol. The van der Waals surface area contributed by atoms with E-state index in [0.717, 1.165) is 16.5 Å². The minimum atomic E-state index is -3.91. The van der Waals surface area contributed by atoms with Gasteiger partial charge in [0.1, 0.15) is 17.2 Å². The van der Waals surface area contributed by atoms with Crippen molar-refractivity contribution in [2.75, 3.05) is 7.11 Å². The van der Waals surface area contributed by atoms with Gasteiger partial charge in [-0.3, -0.25) is 9.78 Å². The van der Waals surface area contributed by atoms with E-state index in [1.165, 1.54) is 19.2 Å². The number of hydrogen-bond acceptors (Lipinski definition) is 6. The molecular weight excluding hydrogens is 454 g/mol. The van der Waals surface area contributed by atoms with E-state index in [1.807, 2.05) is 13.8 Å². The van der Waals surface area contributed by atoms with Crippen LogP contribution in [0, 0.1) is 0 Å². The lowest BCUT2D eigenvalue weighted by molar-refractivity contribution is 0.0946. The van der Waals surface area contributed by atoms with Crippen molar-refractivity contribution >= 4 is 26.6 Å². The van der Waals surface area contributed by atoms with E-state index < -0.39 is 9.84 Å². The number of aromatic nitrogens is 2. The Hall–Kier alpha value is -3.85. The fraction of sp³-hybridized carbons (Fsp3) is 0.200. The summed E-state index contributed by atoms with van der Waals surface area (Å²) in [4.78, 5) is 19.7. The molecule has 2 heterocycles. The van der Waals surface area contributed by atoms with Crippen LogP contribution >= 0.6 is 0 Å². The third-order valence-electron chi connectivity index (χ3n) is 5.15. The number of ether oxygens (including phenoxy) is 2. The second-order valence-electron chi connectivity index (χ2n) is 7.93. The standard InChI is InChI=1S/C25H25N3O5S/c1-16(2)33-23-6-4-5-22(32-3)24(23)34(30,31)19-9-7-17(8-10-19)14-27-25(29)21-13-18-15-26-12-11-20(18)28-21/h4-13,15-16,28H,14H2,1-3H3,(H,27,29). The second-order valence-corrected chi connectivity index (χ2v) is 9.82. The summed E-state index contributed by atoms with van der Waals surface area (Å²) < 4.78 is 37.9. The molecule has 34 heavy (non-hydrogen) atoms. The maximum absolute atomic E-state index is 13.4. The number of nitrogens with one attached hydrogen (secondary N) is 2. The number of nitrogens with zero attached hydrogens (tertiary/aromatic N) is 1. The summed E-state index contributed by atoms with van der Waals surface area (Å²) in [5, 5.41) is 3.68. The molecule has 1 amide bonds. The molecule has 9 heteroatoms. The molecule has 4 rings (SSSR count). The first-order valence-corrected chi connectivity index (χ1v) is 12.2. The van der Waals surface area contributed by atoms with E-state index in [2.05, 4.69) is 15.3 Å². The first kappa shape index (κ1) is 23.3. The monoisotopic (exact) mass is 479 g/mol. The second kappa shape index (κ2) is 9.56. The molecule has 0 aliphatic heterocycles. The lowest BCUT2D eigenvalue weighted by Crippen LogP contribution is -2.23. The van der Waals surface area contributed by atoms with Crippen LogP contribution in [0.1, 0.15) is 29.9 Å². The number of carbonyl (C=O) groups excluding carboxylic acids is 1. The predicted octanol–water partition coefficient (Wildman–Crippen LogP) is 4.12. The first-order chi connectivity index (χ1) is 16.3. The highest BCUT2D eigenvalue weighted by molar-refractivity contribution is 7.91. The van der Waals surface area contributed by atoms with Crippen molar-refractivity contribution in [2.45, 2.75) is 36.3 Å². The molecule has 0 aliphatic rings. The molecule has 8 nitrogen and oxygen atoms in total. The molecule has 0 aliphatic carbocycles. The number of rotatable bonds is 8. The number of sulfone groups is 1. The van der Waals surface area contributed by atoms with Crippen LogP contribution in [-0.2, 0) is 16.4 Å². The molecule has 176 valence electrons. The van der Waals surface area contributed by atoms with Gasteiger partial charge in [-0.1, -0.05) is 18.2 Å². The maximum atomic E-state index is 13.4. The minimum absolute atomic E-state index is 0.0134. The van der Waals surface area contributed by atoms with Crippen molar-refractivity contribution in [3.8, 4) is 11.5 Å². The fourth-order valence-corrected chi connectivity index (χ4v) is 5.07. The quantitative estimate of drug-likeness (QED) is 0.393. The highest BCUT2D eigenvalue weighted by atomic mass is 32.2. The number of benzene rings is 2. The number of aromatic amines is 1. The molecular formula is C25H25N3O5S. The molecule has 0 saturated heterocycles. The van der Waals surface area contributed by atoms with Crippen molar-refractivity contribution in [1.82, 2.24) is 15.3 Å². The Morgan fingerprint density at radius 2 is 1.82 bits per heavy atom. The minimum Gasteiger partial charge on any atom is -0.495 e. The van der Waals surface area contributed by atoms with E-state index in [1.54, 1.807) is 54.9 Å². The van der Waals surface area contributed by atoms with Gasteiger partial charge in [-0.15, -0.1) is 0 Å². The van der Waals surface area contributed by atoms with Gasteiger partial charge in [0.2, 0.25) is 9.84 Å². The van der Waals surface area contributed by atoms with Crippen LogP contribution in [0.5, 0.6) is 11.5 Å². The third kappa shape index (κ3) is 4.74. The average molecular weight is 480 g/mol. The van der Waals surface area contributed by atoms with Crippen molar-refractivity contribution in [1.29, 1.82) is 0 Å². The Morgan fingerprint density at radius 3 is 2.50 bits per heavy atom. The SMILES string of the molecule is COc1cccc(OC(C)C)c1S(=O)(=O)c1ccc(CNC(=O)c2cc3cnccc3[nH]2)cc1. The van der Waals surface area contributed by atoms with E-state index >= 15 is 0 Å². The molecule has 2 aromatic carbocycles. The van der Waals surface area contributed by atoms with E-state index in [4.69, 9.17) is 9.47 Å². The smallest absolute Gasteiger partial charge is 0.267 e. The van der Waals surface area contributed by atoms with Gasteiger partial charge in [0.05, 0.1) is 18.1 Å². The van der Waals surface area contributed by atoms with Crippen LogP contribution in [0.15, 0.2) is 76.8 Å². The van der Waals surface area contributed by atoms with Crippen LogP contribution in [0.3, 0.4) is 0 Å². The van der Waals surface area contributed by atoms with Crippen molar-refractivity contribution in [3.05, 3.63) is 78.2 Å². The molecule has 2 N–H and O–H groups in total. The van der Waals surface area contributed by atoms with Crippen LogP contribution < -0.4 is 14.8 Å². The van der Waals surface area contributed by atoms with E-state index in [-0.39, 0.29) is 39.8 Å². The highest BCUT2D eigenvalue weighted by Crippen LogP contribution is 2.37. The zero-order valence-electron chi connectivity index (χ0n) is 19.0. The summed E-state index contributed by atoms with van der Waals surface area (Å²) in [6.45, 7) is 3.89. The highest BCUT2D eigenvalue weighted by Gasteiger charge is 2.27. The van der Waals surface area contributed by atoms with Crippen molar-refractivity contribution in [2.24, 2.45) is 0 Å². The Balaban J connectivity index is 1.52. The average Bonchev–Trinajstić information content (AvgIpc) is 3.26. The maximum Gasteiger partial charge on any atom is 0.267 e. The normalized spacial score (nSPS) is 11.5. The number of amides is 1. The number of methoxy groups -OCH3 is 1. The fourth-order valence-electron chi connectivity index (χ4n) is 3.54. The summed E-state index contributed by atoms with van der Waals surface area (Å²) >= 11 is 0. The Morgan fingerprint density at radius 1 is 1.09 bits per heavy atom. The molecule has 4 aromatic rings. The van der Waals surface area contributed by atoms with Crippen molar-refractivity contribution in [3.63, 3.8) is 0 Å². The first-order valence-electron chi connectivity index (χ1n) is 10.7. The Bertz CT molecular complexity index is 1390. The van der Waals surface area contributed by atoms with Gasteiger partial charge in [0.25, 0.3) is 5.91 Å². The summed E-state index contributed by atoms with van der Waals surface area (Å²) in [5.74, 6) is 0.180. The van der Waals surface area contributed by atoms with Crippen LogP contribution in [0.25, 0.3) is 10.9 Å². The Labute approximate surface area is 197 Å². The lowest BCUT2D eigenvalue weighted by atomic mass is 10.2. The van der Waals surface area contributed by atoms with E-state index in [9.17, 15) is 13.2 Å². The van der Waals surface area contributed by atoms with Gasteiger partial charge in [-0.2, -0.15) is 0 Å². The van der Waals surface area contributed by atoms with Gasteiger partial charge >= 0.3 is 0 Å². The zero-order valence-corrected chi connectivity index (χ0v) is 19.8.